The van der Waals surface area contributed by atoms with E-state index in [-0.39, 0.29) is 35.4 Å². The number of aliphatic hydroxyl groups is 1. The van der Waals surface area contributed by atoms with Crippen molar-refractivity contribution in [2.24, 2.45) is 0 Å². The van der Waals surface area contributed by atoms with E-state index < -0.39 is 11.7 Å². The zero-order valence-electron chi connectivity index (χ0n) is 15.6. The highest BCUT2D eigenvalue weighted by atomic mass is 35.5. The molecule has 1 fully saturated rings. The number of likely N-dealkylation sites (N-methyl/N-ethyl adjacent to an activating group) is 1. The molecule has 1 saturated carbocycles. The summed E-state index contributed by atoms with van der Waals surface area (Å²) in [6, 6.07) is 3.03. The predicted octanol–water partition coefficient (Wildman–Crippen LogP) is 3.03. The highest BCUT2D eigenvalue weighted by molar-refractivity contribution is 6.34. The minimum Gasteiger partial charge on any atom is -0.398 e. The fourth-order valence-corrected chi connectivity index (χ4v) is 4.57. The van der Waals surface area contributed by atoms with Gasteiger partial charge >= 0.3 is 0 Å². The molecule has 0 atom stereocenters. The van der Waals surface area contributed by atoms with E-state index in [9.17, 15) is 4.79 Å². The summed E-state index contributed by atoms with van der Waals surface area (Å²) in [6.45, 7) is 0.648. The Morgan fingerprint density at radius 2 is 2.18 bits per heavy atom. The van der Waals surface area contributed by atoms with Crippen molar-refractivity contribution in [1.29, 1.82) is 0 Å². The average Bonchev–Trinajstić information content (AvgIpc) is 3.04. The van der Waals surface area contributed by atoms with Gasteiger partial charge in [0.05, 0.1) is 17.2 Å². The van der Waals surface area contributed by atoms with E-state index in [2.05, 4.69) is 10.3 Å². The second-order valence-electron chi connectivity index (χ2n) is 7.54. The number of anilines is 2. The van der Waals surface area contributed by atoms with Crippen molar-refractivity contribution in [3.63, 3.8) is 0 Å². The van der Waals surface area contributed by atoms with E-state index >= 15 is 4.39 Å². The van der Waals surface area contributed by atoms with Crippen LogP contribution in [0.1, 0.15) is 35.2 Å². The number of benzene rings is 1. The number of carbonyl (C=O) groups is 1. The second kappa shape index (κ2) is 6.90. The molecule has 6 nitrogen and oxygen atoms in total. The van der Waals surface area contributed by atoms with E-state index in [4.69, 9.17) is 22.4 Å². The van der Waals surface area contributed by atoms with Crippen LogP contribution in [0.25, 0.3) is 11.1 Å². The Labute approximate surface area is 167 Å². The van der Waals surface area contributed by atoms with Crippen LogP contribution in [0, 0.1) is 5.82 Å². The van der Waals surface area contributed by atoms with Gasteiger partial charge in [-0.05, 0) is 25.0 Å². The van der Waals surface area contributed by atoms with E-state index in [0.29, 0.717) is 10.6 Å². The number of nitrogens with zero attached hydrogens (tertiary/aromatic N) is 2. The monoisotopic (exact) mass is 404 g/mol. The first kappa shape index (κ1) is 19.0. The molecule has 4 N–H and O–H groups in total. The maximum Gasteiger partial charge on any atom is 0.258 e. The smallest absolute Gasteiger partial charge is 0.258 e. The molecular weight excluding hydrogens is 383 g/mol. The number of amides is 1. The number of pyridine rings is 1. The van der Waals surface area contributed by atoms with Crippen LogP contribution in [-0.4, -0.2) is 47.6 Å². The number of hydrogen-bond donors (Lipinski definition) is 3. The standard InChI is InChI=1S/C20H22ClFN4O2/c1-26(7-8-27)19(28)14-13(23)4-3-11(17(14)22)12-9-24-18-15(16(12)21)20(10-25-18)5-2-6-20/h3-4,9,27H,2,5-8,10,23H2,1H3,(H,24,25). The third-order valence-electron chi connectivity index (χ3n) is 5.91. The van der Waals surface area contributed by atoms with Crippen LogP contribution in [0.3, 0.4) is 0 Å². The lowest BCUT2D eigenvalue weighted by Gasteiger charge is -2.38. The predicted molar refractivity (Wildman–Crippen MR) is 107 cm³/mol. The molecule has 1 aromatic carbocycles. The molecule has 8 heteroatoms. The third-order valence-corrected chi connectivity index (χ3v) is 6.30. The Kier molecular flexibility index (Phi) is 4.67. The van der Waals surface area contributed by atoms with Crippen LogP contribution in [-0.2, 0) is 5.41 Å². The van der Waals surface area contributed by atoms with E-state index in [0.717, 1.165) is 37.2 Å². The molecule has 2 heterocycles. The van der Waals surface area contributed by atoms with Crippen molar-refractivity contribution in [3.8, 4) is 11.1 Å². The summed E-state index contributed by atoms with van der Waals surface area (Å²) in [4.78, 5) is 18.3. The number of rotatable bonds is 4. The van der Waals surface area contributed by atoms with Gasteiger partial charge in [-0.3, -0.25) is 4.79 Å². The fraction of sp³-hybridized carbons (Fsp3) is 0.400. The number of nitrogens with two attached hydrogens (primary N) is 1. The molecule has 1 amide bonds. The van der Waals surface area contributed by atoms with Crippen LogP contribution >= 0.6 is 11.6 Å². The van der Waals surface area contributed by atoms with Crippen molar-refractivity contribution < 1.29 is 14.3 Å². The number of nitrogens with one attached hydrogen (secondary N) is 1. The Morgan fingerprint density at radius 1 is 1.43 bits per heavy atom. The van der Waals surface area contributed by atoms with E-state index in [1.54, 1.807) is 0 Å². The lowest BCUT2D eigenvalue weighted by molar-refractivity contribution is 0.0763. The quantitative estimate of drug-likeness (QED) is 0.681. The summed E-state index contributed by atoms with van der Waals surface area (Å²) in [7, 11) is 1.49. The van der Waals surface area contributed by atoms with Gasteiger partial charge in [0.15, 0.2) is 0 Å². The van der Waals surface area contributed by atoms with E-state index in [1.807, 2.05) is 0 Å². The summed E-state index contributed by atoms with van der Waals surface area (Å²) in [5.74, 6) is -0.566. The van der Waals surface area contributed by atoms with Gasteiger partial charge in [0, 0.05) is 54.1 Å². The number of halogens is 2. The lowest BCUT2D eigenvalue weighted by atomic mass is 9.66. The average molecular weight is 405 g/mol. The number of fused-ring (bicyclic) bond motifs is 2. The number of hydrogen-bond acceptors (Lipinski definition) is 5. The van der Waals surface area contributed by atoms with Crippen LogP contribution in [0.15, 0.2) is 18.3 Å². The zero-order chi connectivity index (χ0) is 20.1. The van der Waals surface area contributed by atoms with Gasteiger partial charge in [0.2, 0.25) is 0 Å². The largest absolute Gasteiger partial charge is 0.398 e. The molecular formula is C20H22ClFN4O2. The molecule has 2 aliphatic rings. The van der Waals surface area contributed by atoms with Crippen LogP contribution in [0.2, 0.25) is 5.02 Å². The van der Waals surface area contributed by atoms with Crippen LogP contribution in [0.4, 0.5) is 15.9 Å². The summed E-state index contributed by atoms with van der Waals surface area (Å²) >= 11 is 6.74. The SMILES string of the molecule is CN(CCO)C(=O)c1c(N)ccc(-c2cnc3c(c2Cl)C2(CCC2)CN3)c1F. The molecule has 28 heavy (non-hydrogen) atoms. The zero-order valence-corrected chi connectivity index (χ0v) is 16.3. The molecule has 0 bridgehead atoms. The molecule has 1 aliphatic carbocycles. The minimum absolute atomic E-state index is 0.0281. The van der Waals surface area contributed by atoms with Gasteiger partial charge in [0.1, 0.15) is 11.6 Å². The Morgan fingerprint density at radius 3 is 2.82 bits per heavy atom. The molecule has 1 spiro atoms. The molecule has 1 aliphatic heterocycles. The number of aliphatic hydroxyl groups excluding tert-OH is 1. The maximum atomic E-state index is 15.4. The van der Waals surface area contributed by atoms with Gasteiger partial charge in [-0.1, -0.05) is 18.0 Å². The molecule has 1 aromatic heterocycles. The molecule has 4 rings (SSSR count). The van der Waals surface area contributed by atoms with Gasteiger partial charge in [-0.15, -0.1) is 0 Å². The topological polar surface area (TPSA) is 91.5 Å². The fourth-order valence-electron chi connectivity index (χ4n) is 4.13. The number of aromatic nitrogens is 1. The Hall–Kier alpha value is -2.38. The van der Waals surface area contributed by atoms with Crippen LogP contribution in [0.5, 0.6) is 0 Å². The first-order chi connectivity index (χ1) is 13.4. The van der Waals surface area contributed by atoms with Gasteiger partial charge in [-0.25, -0.2) is 9.37 Å². The second-order valence-corrected chi connectivity index (χ2v) is 7.92. The van der Waals surface area contributed by atoms with Gasteiger partial charge in [0.25, 0.3) is 5.91 Å². The summed E-state index contributed by atoms with van der Waals surface area (Å²) < 4.78 is 15.4. The van der Waals surface area contributed by atoms with Crippen molar-refractivity contribution in [3.05, 3.63) is 40.3 Å². The molecule has 0 unspecified atom stereocenters. The van der Waals surface area contributed by atoms with Crippen LogP contribution < -0.4 is 11.1 Å². The number of nitrogen functional groups attached to an aromatic ring is 1. The lowest BCUT2D eigenvalue weighted by Crippen LogP contribution is -2.36. The van der Waals surface area contributed by atoms with Gasteiger partial charge in [-0.2, -0.15) is 0 Å². The summed E-state index contributed by atoms with van der Waals surface area (Å²) in [5.41, 5.74) is 7.27. The maximum absolute atomic E-state index is 15.4. The molecule has 0 saturated heterocycles. The molecule has 2 aromatic rings. The third kappa shape index (κ3) is 2.72. The number of carbonyl (C=O) groups excluding carboxylic acids is 1. The first-order valence-electron chi connectivity index (χ1n) is 9.27. The van der Waals surface area contributed by atoms with Crippen molar-refractivity contribution in [1.82, 2.24) is 9.88 Å². The molecule has 148 valence electrons. The normalized spacial score (nSPS) is 16.4. The highest BCUT2D eigenvalue weighted by Crippen LogP contribution is 2.53. The molecule has 0 radical (unpaired) electrons. The van der Waals surface area contributed by atoms with Gasteiger partial charge < -0.3 is 21.1 Å². The Bertz CT molecular complexity index is 962. The van der Waals surface area contributed by atoms with Crippen molar-refractivity contribution in [2.75, 3.05) is 37.8 Å². The summed E-state index contributed by atoms with van der Waals surface area (Å²) in [6.07, 6.45) is 4.72. The van der Waals surface area contributed by atoms with Crippen molar-refractivity contribution in [2.45, 2.75) is 24.7 Å². The summed E-state index contributed by atoms with van der Waals surface area (Å²) in [5, 5.41) is 12.8. The van der Waals surface area contributed by atoms with Crippen molar-refractivity contribution >= 4 is 29.0 Å². The Balaban J connectivity index is 1.82. The highest BCUT2D eigenvalue weighted by Gasteiger charge is 2.46. The minimum atomic E-state index is -0.730. The first-order valence-corrected chi connectivity index (χ1v) is 9.65. The van der Waals surface area contributed by atoms with E-state index in [1.165, 1.54) is 30.3 Å².